The van der Waals surface area contributed by atoms with Gasteiger partial charge in [-0.2, -0.15) is 5.26 Å². The number of pyridine rings is 1. The Morgan fingerprint density at radius 3 is 2.57 bits per heavy atom. The van der Waals surface area contributed by atoms with Crippen molar-refractivity contribution in [2.24, 2.45) is 5.92 Å². The molecule has 6 rings (SSSR count). The van der Waals surface area contributed by atoms with Crippen LogP contribution in [0.15, 0.2) is 30.3 Å². The van der Waals surface area contributed by atoms with Crippen molar-refractivity contribution < 1.29 is 13.2 Å². The standard InChI is InChI=1S/C26H25ClF3N7/c27-19-3-5-22-17(11-19)13-35(15-26(29,30)18-1-2-18)14-24-33-34-25(37(22)24)16-7-9-36(10-8-16)23-6-4-20(28)21(12-31)32-23/h3-6,11,16,18H,1-2,7-10,13-15H2. The fourth-order valence-corrected chi connectivity index (χ4v) is 5.65. The van der Waals surface area contributed by atoms with E-state index in [1.54, 1.807) is 23.1 Å². The molecule has 2 aliphatic heterocycles. The molecule has 1 aromatic carbocycles. The average Bonchev–Trinajstić information content (AvgIpc) is 3.69. The first-order valence-electron chi connectivity index (χ1n) is 12.5. The van der Waals surface area contributed by atoms with Gasteiger partial charge in [0, 0.05) is 36.5 Å². The van der Waals surface area contributed by atoms with Gasteiger partial charge >= 0.3 is 0 Å². The summed E-state index contributed by atoms with van der Waals surface area (Å²) in [6.07, 6.45) is 2.66. The maximum atomic E-state index is 14.7. The van der Waals surface area contributed by atoms with Crippen LogP contribution in [-0.4, -0.2) is 50.2 Å². The Hall–Kier alpha value is -3.16. The Bertz CT molecular complexity index is 1370. The van der Waals surface area contributed by atoms with E-state index >= 15 is 0 Å². The van der Waals surface area contributed by atoms with Gasteiger partial charge in [-0.1, -0.05) is 11.6 Å². The largest absolute Gasteiger partial charge is 0.357 e. The number of nitrogens with zero attached hydrogens (tertiary/aromatic N) is 7. The van der Waals surface area contributed by atoms with E-state index in [1.807, 2.05) is 21.6 Å². The second kappa shape index (κ2) is 9.30. The van der Waals surface area contributed by atoms with Crippen molar-refractivity contribution in [3.63, 3.8) is 0 Å². The third-order valence-corrected chi connectivity index (χ3v) is 7.76. The zero-order valence-electron chi connectivity index (χ0n) is 20.0. The molecule has 1 saturated carbocycles. The molecular formula is C26H25ClF3N7. The highest BCUT2D eigenvalue weighted by molar-refractivity contribution is 6.30. The molecule has 0 N–H and O–H groups in total. The number of rotatable bonds is 5. The molecule has 1 aliphatic carbocycles. The lowest BCUT2D eigenvalue weighted by Crippen LogP contribution is -2.37. The molecule has 2 aromatic heterocycles. The number of alkyl halides is 2. The van der Waals surface area contributed by atoms with E-state index < -0.39 is 17.7 Å². The van der Waals surface area contributed by atoms with Crippen molar-refractivity contribution in [3.05, 3.63) is 64.1 Å². The molecule has 11 heteroatoms. The van der Waals surface area contributed by atoms with Crippen LogP contribution >= 0.6 is 11.6 Å². The molecule has 0 spiro atoms. The van der Waals surface area contributed by atoms with Crippen molar-refractivity contribution in [2.45, 2.75) is 50.6 Å². The molecule has 0 amide bonds. The van der Waals surface area contributed by atoms with E-state index in [9.17, 15) is 13.2 Å². The first-order valence-corrected chi connectivity index (χ1v) is 12.8. The van der Waals surface area contributed by atoms with Gasteiger partial charge < -0.3 is 4.90 Å². The molecule has 3 aromatic rings. The first-order chi connectivity index (χ1) is 17.8. The van der Waals surface area contributed by atoms with Gasteiger partial charge in [0.25, 0.3) is 5.92 Å². The number of aromatic nitrogens is 4. The highest BCUT2D eigenvalue weighted by Crippen LogP contribution is 2.44. The zero-order valence-corrected chi connectivity index (χ0v) is 20.8. The molecule has 7 nitrogen and oxygen atoms in total. The van der Waals surface area contributed by atoms with Gasteiger partial charge in [-0.05, 0) is 61.6 Å². The van der Waals surface area contributed by atoms with Gasteiger partial charge in [-0.15, -0.1) is 10.2 Å². The quantitative estimate of drug-likeness (QED) is 0.461. The van der Waals surface area contributed by atoms with Crippen LogP contribution in [0.25, 0.3) is 5.69 Å². The molecule has 0 unspecified atom stereocenters. The van der Waals surface area contributed by atoms with Crippen LogP contribution in [0.3, 0.4) is 0 Å². The molecular weight excluding hydrogens is 503 g/mol. The van der Waals surface area contributed by atoms with Crippen molar-refractivity contribution in [1.82, 2.24) is 24.6 Å². The highest BCUT2D eigenvalue weighted by atomic mass is 35.5. The van der Waals surface area contributed by atoms with Crippen LogP contribution in [0.4, 0.5) is 19.0 Å². The normalized spacial score (nSPS) is 18.7. The average molecular weight is 528 g/mol. The van der Waals surface area contributed by atoms with Crippen molar-refractivity contribution in [2.75, 3.05) is 24.5 Å². The zero-order chi connectivity index (χ0) is 25.7. The molecule has 3 aliphatic rings. The van der Waals surface area contributed by atoms with Crippen LogP contribution in [-0.2, 0) is 13.1 Å². The van der Waals surface area contributed by atoms with Crippen LogP contribution < -0.4 is 4.90 Å². The van der Waals surface area contributed by atoms with E-state index in [0.29, 0.717) is 49.1 Å². The Labute approximate surface area is 217 Å². The number of halogens is 4. The van der Waals surface area contributed by atoms with E-state index in [1.165, 1.54) is 6.07 Å². The van der Waals surface area contributed by atoms with Crippen molar-refractivity contribution >= 4 is 17.4 Å². The molecule has 37 heavy (non-hydrogen) atoms. The molecule has 192 valence electrons. The predicted octanol–water partition coefficient (Wildman–Crippen LogP) is 5.07. The summed E-state index contributed by atoms with van der Waals surface area (Å²) in [6.45, 7) is 1.63. The minimum absolute atomic E-state index is 0.0939. The number of nitriles is 1. The Morgan fingerprint density at radius 2 is 1.84 bits per heavy atom. The third-order valence-electron chi connectivity index (χ3n) is 7.53. The number of piperidine rings is 1. The van der Waals surface area contributed by atoms with Crippen LogP contribution in [0, 0.1) is 23.1 Å². The Balaban J connectivity index is 1.27. The lowest BCUT2D eigenvalue weighted by molar-refractivity contribution is -0.0558. The van der Waals surface area contributed by atoms with E-state index in [2.05, 4.69) is 15.2 Å². The maximum absolute atomic E-state index is 14.7. The summed E-state index contributed by atoms with van der Waals surface area (Å²) >= 11 is 6.30. The number of hydrogen-bond acceptors (Lipinski definition) is 6. The Morgan fingerprint density at radius 1 is 1.05 bits per heavy atom. The topological polar surface area (TPSA) is 73.9 Å². The number of fused-ring (bicyclic) bond motifs is 3. The summed E-state index contributed by atoms with van der Waals surface area (Å²) in [5.74, 6) is -1.78. The molecule has 4 heterocycles. The molecule has 0 atom stereocenters. The van der Waals surface area contributed by atoms with Crippen molar-refractivity contribution in [3.8, 4) is 11.8 Å². The van der Waals surface area contributed by atoms with Crippen LogP contribution in [0.2, 0.25) is 5.02 Å². The number of benzene rings is 1. The summed E-state index contributed by atoms with van der Waals surface area (Å²) in [6, 6.07) is 10.2. The highest BCUT2D eigenvalue weighted by Gasteiger charge is 2.48. The summed E-state index contributed by atoms with van der Waals surface area (Å²) in [4.78, 5) is 7.94. The molecule has 2 fully saturated rings. The first kappa shape index (κ1) is 24.2. The summed E-state index contributed by atoms with van der Waals surface area (Å²) in [5, 5.41) is 18.7. The fourth-order valence-electron chi connectivity index (χ4n) is 5.45. The monoisotopic (exact) mass is 527 g/mol. The summed E-state index contributed by atoms with van der Waals surface area (Å²) < 4.78 is 45.2. The minimum Gasteiger partial charge on any atom is -0.357 e. The summed E-state index contributed by atoms with van der Waals surface area (Å²) in [5.41, 5.74) is 1.53. The predicted molar refractivity (Wildman–Crippen MR) is 131 cm³/mol. The van der Waals surface area contributed by atoms with E-state index in [-0.39, 0.29) is 24.7 Å². The molecule has 0 bridgehead atoms. The smallest absolute Gasteiger partial charge is 0.263 e. The van der Waals surface area contributed by atoms with Crippen LogP contribution in [0.1, 0.15) is 54.5 Å². The van der Waals surface area contributed by atoms with Crippen molar-refractivity contribution in [1.29, 1.82) is 5.26 Å². The van der Waals surface area contributed by atoms with E-state index in [4.69, 9.17) is 16.9 Å². The Kier molecular flexibility index (Phi) is 6.08. The van der Waals surface area contributed by atoms with Gasteiger partial charge in [0.1, 0.15) is 17.7 Å². The van der Waals surface area contributed by atoms with Gasteiger partial charge in [0.15, 0.2) is 17.3 Å². The number of hydrogen-bond donors (Lipinski definition) is 0. The second-order valence-corrected chi connectivity index (χ2v) is 10.6. The SMILES string of the molecule is N#Cc1nc(N2CCC(c3nnc4n3-c3ccc(Cl)cc3CN(CC(F)(F)C3CC3)C4)CC2)ccc1F. The van der Waals surface area contributed by atoms with Gasteiger partial charge in [0.2, 0.25) is 0 Å². The lowest BCUT2D eigenvalue weighted by atomic mass is 9.95. The molecule has 0 radical (unpaired) electrons. The third kappa shape index (κ3) is 4.66. The molecule has 1 saturated heterocycles. The van der Waals surface area contributed by atoms with E-state index in [0.717, 1.165) is 29.9 Å². The summed E-state index contributed by atoms with van der Waals surface area (Å²) in [7, 11) is 0. The van der Waals surface area contributed by atoms with Gasteiger partial charge in [0.05, 0.1) is 18.8 Å². The minimum atomic E-state index is -2.73. The number of anilines is 1. The lowest BCUT2D eigenvalue weighted by Gasteiger charge is -2.32. The van der Waals surface area contributed by atoms with Gasteiger partial charge in [-0.3, -0.25) is 9.47 Å². The second-order valence-electron chi connectivity index (χ2n) is 10.1. The maximum Gasteiger partial charge on any atom is 0.263 e. The van der Waals surface area contributed by atoms with Crippen LogP contribution in [0.5, 0.6) is 0 Å². The van der Waals surface area contributed by atoms with Gasteiger partial charge in [-0.25, -0.2) is 18.2 Å². The fraction of sp³-hybridized carbons (Fsp3) is 0.462.